The summed E-state index contributed by atoms with van der Waals surface area (Å²) in [6, 6.07) is 6.50. The Balaban J connectivity index is 2.21. The summed E-state index contributed by atoms with van der Waals surface area (Å²) in [7, 11) is 3.10. The minimum atomic E-state index is -0.457. The average Bonchev–Trinajstić information content (AvgIpc) is 2.90. The van der Waals surface area contributed by atoms with E-state index in [4.69, 9.17) is 15.2 Å². The number of hydrogen-bond acceptors (Lipinski definition) is 5. The summed E-state index contributed by atoms with van der Waals surface area (Å²) in [4.78, 5) is 0. The molecule has 0 spiro atoms. The van der Waals surface area contributed by atoms with Crippen molar-refractivity contribution >= 4 is 11.3 Å². The Hall–Kier alpha value is -2.83. The van der Waals surface area contributed by atoms with Gasteiger partial charge in [-0.3, -0.25) is 4.40 Å². The molecule has 3 rings (SSSR count). The summed E-state index contributed by atoms with van der Waals surface area (Å²) in [6.07, 6.45) is 1.29. The number of ether oxygens (including phenoxy) is 2. The summed E-state index contributed by atoms with van der Waals surface area (Å²) < 4.78 is 25.5. The van der Waals surface area contributed by atoms with Crippen LogP contribution < -0.4 is 15.2 Å². The number of pyridine rings is 1. The third kappa shape index (κ3) is 2.12. The Kier molecular flexibility index (Phi) is 3.09. The third-order valence-electron chi connectivity index (χ3n) is 3.14. The van der Waals surface area contributed by atoms with Crippen molar-refractivity contribution in [2.24, 2.45) is 0 Å². The fourth-order valence-corrected chi connectivity index (χ4v) is 2.16. The van der Waals surface area contributed by atoms with Gasteiger partial charge >= 0.3 is 0 Å². The molecule has 2 N–H and O–H groups in total. The van der Waals surface area contributed by atoms with Gasteiger partial charge in [-0.15, -0.1) is 10.2 Å². The molecule has 0 fully saturated rings. The number of aromatic nitrogens is 3. The first-order chi connectivity index (χ1) is 10.1. The van der Waals surface area contributed by atoms with E-state index in [0.29, 0.717) is 28.5 Å². The van der Waals surface area contributed by atoms with Crippen LogP contribution in [0.3, 0.4) is 0 Å². The maximum absolute atomic E-state index is 13.5. The molecule has 3 aromatic rings. The normalized spacial score (nSPS) is 10.8. The minimum absolute atomic E-state index is 0.231. The molecule has 0 saturated heterocycles. The van der Waals surface area contributed by atoms with E-state index >= 15 is 0 Å². The number of nitrogens with zero attached hydrogens (tertiary/aromatic N) is 3. The van der Waals surface area contributed by atoms with Crippen molar-refractivity contribution in [2.45, 2.75) is 0 Å². The first kappa shape index (κ1) is 13.2. The number of methoxy groups -OCH3 is 2. The number of benzene rings is 1. The SMILES string of the molecule is COc1ccc(-c2nnc3c(N)cc(F)cn23)cc1OC. The van der Waals surface area contributed by atoms with Gasteiger partial charge in [0.15, 0.2) is 23.0 Å². The van der Waals surface area contributed by atoms with E-state index in [-0.39, 0.29) is 5.69 Å². The number of hydrogen-bond donors (Lipinski definition) is 1. The number of rotatable bonds is 3. The lowest BCUT2D eigenvalue weighted by atomic mass is 10.2. The van der Waals surface area contributed by atoms with Gasteiger partial charge in [-0.2, -0.15) is 0 Å². The third-order valence-corrected chi connectivity index (χ3v) is 3.14. The topological polar surface area (TPSA) is 74.7 Å². The van der Waals surface area contributed by atoms with Crippen LogP contribution in [0.25, 0.3) is 17.0 Å². The molecule has 0 radical (unpaired) electrons. The van der Waals surface area contributed by atoms with Gasteiger partial charge in [0.1, 0.15) is 5.82 Å². The van der Waals surface area contributed by atoms with E-state index in [1.54, 1.807) is 32.4 Å². The molecule has 0 aliphatic carbocycles. The molecule has 21 heavy (non-hydrogen) atoms. The predicted octanol–water partition coefficient (Wildman–Crippen LogP) is 2.13. The monoisotopic (exact) mass is 288 g/mol. The summed E-state index contributed by atoms with van der Waals surface area (Å²) in [6.45, 7) is 0. The summed E-state index contributed by atoms with van der Waals surface area (Å²) in [5.41, 5.74) is 7.09. The maximum Gasteiger partial charge on any atom is 0.184 e. The van der Waals surface area contributed by atoms with Crippen molar-refractivity contribution < 1.29 is 13.9 Å². The number of halogens is 1. The highest BCUT2D eigenvalue weighted by molar-refractivity contribution is 5.70. The first-order valence-corrected chi connectivity index (χ1v) is 6.16. The second-order valence-electron chi connectivity index (χ2n) is 4.40. The van der Waals surface area contributed by atoms with Crippen molar-refractivity contribution in [1.29, 1.82) is 0 Å². The van der Waals surface area contributed by atoms with E-state index in [0.717, 1.165) is 0 Å². The van der Waals surface area contributed by atoms with Crippen LogP contribution in [-0.2, 0) is 0 Å². The molecular formula is C14H13FN4O2. The van der Waals surface area contributed by atoms with Crippen LogP contribution in [-0.4, -0.2) is 28.8 Å². The molecule has 108 valence electrons. The van der Waals surface area contributed by atoms with E-state index < -0.39 is 5.82 Å². The van der Waals surface area contributed by atoms with Crippen LogP contribution in [0.4, 0.5) is 10.1 Å². The molecular weight excluding hydrogens is 275 g/mol. The molecule has 7 heteroatoms. The smallest absolute Gasteiger partial charge is 0.184 e. The maximum atomic E-state index is 13.5. The van der Waals surface area contributed by atoms with Crippen LogP contribution in [0.5, 0.6) is 11.5 Å². The quantitative estimate of drug-likeness (QED) is 0.799. The molecule has 0 unspecified atom stereocenters. The van der Waals surface area contributed by atoms with E-state index in [1.165, 1.54) is 16.7 Å². The predicted molar refractivity (Wildman–Crippen MR) is 75.9 cm³/mol. The Morgan fingerprint density at radius 1 is 1.10 bits per heavy atom. The van der Waals surface area contributed by atoms with Crippen LogP contribution >= 0.6 is 0 Å². The Labute approximate surface area is 119 Å². The van der Waals surface area contributed by atoms with E-state index in [9.17, 15) is 4.39 Å². The average molecular weight is 288 g/mol. The molecule has 2 heterocycles. The lowest BCUT2D eigenvalue weighted by Crippen LogP contribution is -1.97. The van der Waals surface area contributed by atoms with Gasteiger partial charge in [-0.05, 0) is 18.2 Å². The van der Waals surface area contributed by atoms with Gasteiger partial charge in [-0.1, -0.05) is 0 Å². The van der Waals surface area contributed by atoms with Crippen LogP contribution in [0.15, 0.2) is 30.5 Å². The number of anilines is 1. The fourth-order valence-electron chi connectivity index (χ4n) is 2.16. The number of nitrogen functional groups attached to an aromatic ring is 1. The number of fused-ring (bicyclic) bond motifs is 1. The first-order valence-electron chi connectivity index (χ1n) is 6.16. The fraction of sp³-hybridized carbons (Fsp3) is 0.143. The second kappa shape index (κ2) is 4.93. The molecule has 1 aromatic carbocycles. The van der Waals surface area contributed by atoms with Crippen molar-refractivity contribution in [3.63, 3.8) is 0 Å². The molecule has 0 saturated carbocycles. The summed E-state index contributed by atoms with van der Waals surface area (Å²) >= 11 is 0. The molecule has 0 aliphatic rings. The van der Waals surface area contributed by atoms with Crippen LogP contribution in [0.1, 0.15) is 0 Å². The lowest BCUT2D eigenvalue weighted by Gasteiger charge is -2.09. The molecule has 2 aromatic heterocycles. The molecule has 6 nitrogen and oxygen atoms in total. The Morgan fingerprint density at radius 3 is 2.57 bits per heavy atom. The molecule has 0 bridgehead atoms. The van der Waals surface area contributed by atoms with Crippen molar-refractivity contribution in [1.82, 2.24) is 14.6 Å². The zero-order chi connectivity index (χ0) is 15.0. The standard InChI is InChI=1S/C14H13FN4O2/c1-20-11-4-3-8(5-12(11)21-2)13-17-18-14-10(16)6-9(15)7-19(13)14/h3-7H,16H2,1-2H3. The lowest BCUT2D eigenvalue weighted by molar-refractivity contribution is 0.355. The highest BCUT2D eigenvalue weighted by Crippen LogP contribution is 2.32. The van der Waals surface area contributed by atoms with E-state index in [1.807, 2.05) is 0 Å². The number of nitrogens with two attached hydrogens (primary N) is 1. The van der Waals surface area contributed by atoms with Gasteiger partial charge in [-0.25, -0.2) is 4.39 Å². The van der Waals surface area contributed by atoms with Crippen molar-refractivity contribution in [3.8, 4) is 22.9 Å². The van der Waals surface area contributed by atoms with Crippen molar-refractivity contribution in [2.75, 3.05) is 20.0 Å². The van der Waals surface area contributed by atoms with E-state index in [2.05, 4.69) is 10.2 Å². The zero-order valence-electron chi connectivity index (χ0n) is 11.5. The highest BCUT2D eigenvalue weighted by atomic mass is 19.1. The van der Waals surface area contributed by atoms with Crippen molar-refractivity contribution in [3.05, 3.63) is 36.3 Å². The Bertz CT molecular complexity index is 816. The molecule has 0 aliphatic heterocycles. The highest BCUT2D eigenvalue weighted by Gasteiger charge is 2.14. The van der Waals surface area contributed by atoms with Gasteiger partial charge in [0, 0.05) is 17.8 Å². The minimum Gasteiger partial charge on any atom is -0.493 e. The van der Waals surface area contributed by atoms with Gasteiger partial charge in [0.2, 0.25) is 0 Å². The van der Waals surface area contributed by atoms with Crippen LogP contribution in [0, 0.1) is 5.82 Å². The summed E-state index contributed by atoms with van der Waals surface area (Å²) in [5.74, 6) is 1.16. The zero-order valence-corrected chi connectivity index (χ0v) is 11.5. The Morgan fingerprint density at radius 2 is 1.86 bits per heavy atom. The molecule has 0 amide bonds. The van der Waals surface area contributed by atoms with Crippen LogP contribution in [0.2, 0.25) is 0 Å². The van der Waals surface area contributed by atoms with Gasteiger partial charge in [0.05, 0.1) is 19.9 Å². The molecule has 0 atom stereocenters. The summed E-state index contributed by atoms with van der Waals surface area (Å²) in [5, 5.41) is 8.05. The van der Waals surface area contributed by atoms with Gasteiger partial charge < -0.3 is 15.2 Å². The second-order valence-corrected chi connectivity index (χ2v) is 4.40. The van der Waals surface area contributed by atoms with Gasteiger partial charge in [0.25, 0.3) is 0 Å². The largest absolute Gasteiger partial charge is 0.493 e.